The van der Waals surface area contributed by atoms with Gasteiger partial charge in [0.25, 0.3) is 0 Å². The van der Waals surface area contributed by atoms with Gasteiger partial charge in [-0.05, 0) is 92.3 Å². The zero-order valence-electron chi connectivity index (χ0n) is 23.3. The van der Waals surface area contributed by atoms with Gasteiger partial charge in [-0.3, -0.25) is 4.79 Å². The largest absolute Gasteiger partial charge is 0.282 e. The van der Waals surface area contributed by atoms with Crippen molar-refractivity contribution in [2.75, 3.05) is 0 Å². The summed E-state index contributed by atoms with van der Waals surface area (Å²) in [6.07, 6.45) is 23.6. The zero-order valence-corrected chi connectivity index (χ0v) is 24.1. The van der Waals surface area contributed by atoms with E-state index < -0.39 is 0 Å². The Morgan fingerprint density at radius 1 is 0.917 bits per heavy atom. The predicted octanol–water partition coefficient (Wildman–Crippen LogP) is 10.3. The average molecular weight is 507 g/mol. The molecule has 0 N–H and O–H groups in total. The molecule has 2 heteroatoms. The smallest absolute Gasteiger partial charge is 0.219 e. The molecule has 4 aliphatic rings. The van der Waals surface area contributed by atoms with Crippen LogP contribution >= 0.6 is 11.8 Å². The van der Waals surface area contributed by atoms with Crippen molar-refractivity contribution in [2.45, 2.75) is 122 Å². The maximum Gasteiger partial charge on any atom is 0.219 e. The van der Waals surface area contributed by atoms with E-state index in [0.717, 1.165) is 35.7 Å². The van der Waals surface area contributed by atoms with Crippen molar-refractivity contribution >= 4 is 16.9 Å². The molecule has 3 fully saturated rings. The lowest BCUT2D eigenvalue weighted by Gasteiger charge is -2.58. The maximum atomic E-state index is 12.9. The van der Waals surface area contributed by atoms with Gasteiger partial charge in [-0.15, -0.1) is 0 Å². The quantitative estimate of drug-likeness (QED) is 0.245. The molecule has 7 atom stereocenters. The van der Waals surface area contributed by atoms with Crippen molar-refractivity contribution in [1.29, 1.82) is 0 Å². The summed E-state index contributed by atoms with van der Waals surface area (Å²) in [5.41, 5.74) is 3.55. The van der Waals surface area contributed by atoms with Gasteiger partial charge < -0.3 is 0 Å². The number of hydrogen-bond donors (Lipinski definition) is 0. The Hall–Kier alpha value is -1.02. The summed E-state index contributed by atoms with van der Waals surface area (Å²) in [6, 6.07) is 9.88. The third kappa shape index (κ3) is 5.14. The van der Waals surface area contributed by atoms with E-state index in [1.165, 1.54) is 89.9 Å². The Balaban J connectivity index is 1.20. The van der Waals surface area contributed by atoms with Gasteiger partial charge >= 0.3 is 0 Å². The molecule has 36 heavy (non-hydrogen) atoms. The number of allylic oxidation sites excluding steroid dienone is 2. The first-order chi connectivity index (χ1) is 17.5. The number of carbonyl (C=O) groups excluding carboxylic acids is 1. The van der Waals surface area contributed by atoms with Gasteiger partial charge in [-0.1, -0.05) is 113 Å². The molecule has 0 aliphatic heterocycles. The molecule has 4 unspecified atom stereocenters. The SMILES string of the molecule is CCCCCCCCC1CCC2C3CC=C4C[C@@H](SC(=O)c5ccccc5)CC[C@]4(C)C3CC[C@]12C. The summed E-state index contributed by atoms with van der Waals surface area (Å²) in [6.45, 7) is 7.63. The number of unbranched alkanes of at least 4 members (excludes halogenated alkanes) is 5. The van der Waals surface area contributed by atoms with Gasteiger partial charge in [-0.25, -0.2) is 0 Å². The van der Waals surface area contributed by atoms with Crippen LogP contribution in [0.25, 0.3) is 0 Å². The zero-order chi connectivity index (χ0) is 25.2. The second kappa shape index (κ2) is 11.4. The average Bonchev–Trinajstić information content (AvgIpc) is 3.23. The lowest BCUT2D eigenvalue weighted by atomic mass is 9.47. The molecule has 5 rings (SSSR count). The molecule has 3 saturated carbocycles. The molecule has 0 saturated heterocycles. The van der Waals surface area contributed by atoms with Crippen molar-refractivity contribution in [3.63, 3.8) is 0 Å². The van der Waals surface area contributed by atoms with Crippen LogP contribution in [0.2, 0.25) is 0 Å². The Bertz CT molecular complexity index is 920. The van der Waals surface area contributed by atoms with Gasteiger partial charge in [0.15, 0.2) is 0 Å². The van der Waals surface area contributed by atoms with Gasteiger partial charge in [-0.2, -0.15) is 0 Å². The van der Waals surface area contributed by atoms with Crippen LogP contribution in [0, 0.1) is 34.5 Å². The summed E-state index contributed by atoms with van der Waals surface area (Å²) in [5, 5.41) is 0.713. The topological polar surface area (TPSA) is 17.1 Å². The Kier molecular flexibility index (Phi) is 8.41. The first-order valence-corrected chi connectivity index (χ1v) is 16.3. The molecular weight excluding hydrogens is 456 g/mol. The van der Waals surface area contributed by atoms with Crippen LogP contribution in [0.1, 0.15) is 127 Å². The summed E-state index contributed by atoms with van der Waals surface area (Å²) < 4.78 is 0. The minimum absolute atomic E-state index is 0.259. The van der Waals surface area contributed by atoms with Crippen LogP contribution in [0.15, 0.2) is 42.0 Å². The first-order valence-electron chi connectivity index (χ1n) is 15.4. The summed E-state index contributed by atoms with van der Waals surface area (Å²) in [7, 11) is 0. The fourth-order valence-corrected chi connectivity index (χ4v) is 10.3. The molecule has 0 spiro atoms. The highest BCUT2D eigenvalue weighted by Gasteiger charge is 2.58. The second-order valence-electron chi connectivity index (χ2n) is 13.3. The van der Waals surface area contributed by atoms with Crippen molar-refractivity contribution in [2.24, 2.45) is 34.5 Å². The Morgan fingerprint density at radius 3 is 2.50 bits per heavy atom. The number of rotatable bonds is 9. The molecule has 1 nitrogen and oxygen atoms in total. The van der Waals surface area contributed by atoms with E-state index in [-0.39, 0.29) is 5.12 Å². The summed E-state index contributed by atoms with van der Waals surface area (Å²) in [5.74, 6) is 3.70. The molecule has 0 bridgehead atoms. The summed E-state index contributed by atoms with van der Waals surface area (Å²) >= 11 is 1.61. The van der Waals surface area contributed by atoms with Gasteiger partial charge in [0.2, 0.25) is 5.12 Å². The van der Waals surface area contributed by atoms with E-state index >= 15 is 0 Å². The fourth-order valence-electron chi connectivity index (χ4n) is 9.28. The van der Waals surface area contributed by atoms with Crippen LogP contribution < -0.4 is 0 Å². The van der Waals surface area contributed by atoms with Crippen LogP contribution in [-0.2, 0) is 0 Å². The van der Waals surface area contributed by atoms with Gasteiger partial charge in [0.1, 0.15) is 0 Å². The number of fused-ring (bicyclic) bond motifs is 5. The molecule has 0 aromatic heterocycles. The molecule has 4 aliphatic carbocycles. The van der Waals surface area contributed by atoms with E-state index in [4.69, 9.17) is 0 Å². The van der Waals surface area contributed by atoms with E-state index in [2.05, 4.69) is 26.8 Å². The minimum atomic E-state index is 0.259. The lowest BCUT2D eigenvalue weighted by molar-refractivity contribution is -0.0421. The molecule has 0 amide bonds. The highest BCUT2D eigenvalue weighted by atomic mass is 32.2. The first kappa shape index (κ1) is 26.6. The Labute approximate surface area is 225 Å². The van der Waals surface area contributed by atoms with Crippen LogP contribution in [0.5, 0.6) is 0 Å². The number of carbonyl (C=O) groups is 1. The molecule has 0 heterocycles. The van der Waals surface area contributed by atoms with E-state index in [1.54, 1.807) is 17.3 Å². The number of hydrogen-bond acceptors (Lipinski definition) is 2. The molecule has 0 radical (unpaired) electrons. The predicted molar refractivity (Wildman–Crippen MR) is 155 cm³/mol. The molecule has 198 valence electrons. The van der Waals surface area contributed by atoms with Crippen molar-refractivity contribution in [1.82, 2.24) is 0 Å². The number of thioether (sulfide) groups is 1. The third-order valence-corrected chi connectivity index (χ3v) is 12.6. The van der Waals surface area contributed by atoms with Crippen molar-refractivity contribution < 1.29 is 4.79 Å². The number of benzene rings is 1. The van der Waals surface area contributed by atoms with E-state index in [0.29, 0.717) is 16.1 Å². The highest BCUT2D eigenvalue weighted by molar-refractivity contribution is 8.14. The second-order valence-corrected chi connectivity index (χ2v) is 14.5. The molecular formula is C34H50OS. The molecule has 1 aromatic rings. The normalized spacial score (nSPS) is 37.5. The van der Waals surface area contributed by atoms with Crippen LogP contribution in [0.4, 0.5) is 0 Å². The summed E-state index contributed by atoms with van der Waals surface area (Å²) in [4.78, 5) is 12.9. The Morgan fingerprint density at radius 2 is 1.69 bits per heavy atom. The fraction of sp³-hybridized carbons (Fsp3) is 0.735. The minimum Gasteiger partial charge on any atom is -0.282 e. The highest BCUT2D eigenvalue weighted by Crippen LogP contribution is 2.67. The van der Waals surface area contributed by atoms with Gasteiger partial charge in [0, 0.05) is 10.8 Å². The maximum absolute atomic E-state index is 12.9. The molecule has 1 aromatic carbocycles. The van der Waals surface area contributed by atoms with E-state index in [9.17, 15) is 4.79 Å². The van der Waals surface area contributed by atoms with Gasteiger partial charge in [0.05, 0.1) is 0 Å². The van der Waals surface area contributed by atoms with Crippen LogP contribution in [-0.4, -0.2) is 10.4 Å². The van der Waals surface area contributed by atoms with Crippen molar-refractivity contribution in [3.8, 4) is 0 Å². The lowest BCUT2D eigenvalue weighted by Crippen LogP contribution is -2.50. The monoisotopic (exact) mass is 506 g/mol. The standard InChI is InChI=1S/C34H50OS/c1-4-5-6-7-8-12-15-26-17-19-30-29-18-16-27-24-28(36-32(35)25-13-10-9-11-14-25)20-22-34(27,3)31(29)21-23-33(26,30)2/h9-11,13-14,16,26,28-31H,4-8,12,15,17-24H2,1-3H3/t26?,28-,29?,30?,31?,33+,34-/m0/s1. The third-order valence-electron chi connectivity index (χ3n) is 11.4. The van der Waals surface area contributed by atoms with Crippen LogP contribution in [0.3, 0.4) is 0 Å². The van der Waals surface area contributed by atoms with Crippen molar-refractivity contribution in [3.05, 3.63) is 47.5 Å². The van der Waals surface area contributed by atoms with E-state index in [1.807, 2.05) is 30.3 Å².